The number of rotatable bonds is 15. The minimum atomic E-state index is -1.75. The number of nitrogens with one attached hydrogen (secondary N) is 3. The number of amides is 1. The molecule has 0 bridgehead atoms. The Morgan fingerprint density at radius 1 is 0.906 bits per heavy atom. The molecule has 0 spiro atoms. The van der Waals surface area contributed by atoms with E-state index in [-0.39, 0.29) is 11.0 Å². The highest BCUT2D eigenvalue weighted by Gasteiger charge is 2.34. The molecule has 0 fully saturated rings. The Bertz CT molecular complexity index is 671. The fraction of sp³-hybridized carbons (Fsp3) is 0.652. The van der Waals surface area contributed by atoms with Crippen LogP contribution in [0.25, 0.3) is 0 Å². The summed E-state index contributed by atoms with van der Waals surface area (Å²) < 4.78 is -0.797. The van der Waals surface area contributed by atoms with Gasteiger partial charge in [-0.15, -0.1) is 0 Å². The molecule has 1 aromatic carbocycles. The summed E-state index contributed by atoms with van der Waals surface area (Å²) in [5.41, 5.74) is 0.779. The number of unbranched alkanes of at least 4 members (excludes halogenated alkanes) is 10. The first-order chi connectivity index (χ1) is 15.2. The molecule has 0 aromatic heterocycles. The van der Waals surface area contributed by atoms with Gasteiger partial charge in [0.2, 0.25) is 9.70 Å². The molecule has 1 atom stereocenters. The maximum atomic E-state index is 12.3. The fourth-order valence-electron chi connectivity index (χ4n) is 3.21. The zero-order valence-electron chi connectivity index (χ0n) is 18.7. The third-order valence-corrected chi connectivity index (χ3v) is 6.42. The van der Waals surface area contributed by atoms with E-state index in [0.717, 1.165) is 29.4 Å². The normalized spacial score (nSPS) is 12.3. The van der Waals surface area contributed by atoms with Crippen molar-refractivity contribution in [2.45, 2.75) is 93.9 Å². The molecule has 1 rings (SSSR count). The molecule has 0 aliphatic rings. The Kier molecular flexibility index (Phi) is 16.0. The zero-order valence-corrected chi connectivity index (χ0v) is 23.4. The second-order valence-electron chi connectivity index (χ2n) is 7.93. The van der Waals surface area contributed by atoms with Crippen LogP contribution in [0, 0.1) is 0 Å². The van der Waals surface area contributed by atoms with E-state index in [1.165, 1.54) is 51.4 Å². The molecule has 9 heteroatoms. The zero-order chi connectivity index (χ0) is 23.8. The van der Waals surface area contributed by atoms with Gasteiger partial charge < -0.3 is 16.0 Å². The summed E-state index contributed by atoms with van der Waals surface area (Å²) in [6, 6.07) is 7.47. The third-order valence-electron chi connectivity index (χ3n) is 5.02. The third kappa shape index (κ3) is 14.8. The average molecular weight is 588 g/mol. The van der Waals surface area contributed by atoms with E-state index < -0.39 is 9.96 Å². The second kappa shape index (κ2) is 17.2. The molecule has 1 aromatic rings. The standard InChI is InChI=1S/C23H35BrCl3N3OS/c1-2-3-4-5-6-7-8-9-10-11-12-13-20(31)29-21(23(25,26)27)30-22(32)28-19-16-14-18(24)15-17-19/h14-17,21H,2-13H2,1H3,(H,29,31)(H2,28,30,32). The van der Waals surface area contributed by atoms with Crippen molar-refractivity contribution >= 4 is 79.7 Å². The van der Waals surface area contributed by atoms with Gasteiger partial charge in [0.15, 0.2) is 5.11 Å². The predicted molar refractivity (Wildman–Crippen MR) is 147 cm³/mol. The SMILES string of the molecule is CCCCCCCCCCCCCC(=O)NC(NC(=S)Nc1ccc(Br)cc1)C(Cl)(Cl)Cl. The van der Waals surface area contributed by atoms with Crippen molar-refractivity contribution in [3.05, 3.63) is 28.7 Å². The van der Waals surface area contributed by atoms with E-state index in [9.17, 15) is 4.79 Å². The van der Waals surface area contributed by atoms with E-state index in [1.807, 2.05) is 24.3 Å². The lowest BCUT2D eigenvalue weighted by molar-refractivity contribution is -0.122. The van der Waals surface area contributed by atoms with Crippen molar-refractivity contribution in [2.24, 2.45) is 0 Å². The van der Waals surface area contributed by atoms with Gasteiger partial charge in [-0.2, -0.15) is 0 Å². The summed E-state index contributed by atoms with van der Waals surface area (Å²) in [5, 5.41) is 8.87. The number of halogens is 4. The van der Waals surface area contributed by atoms with Crippen LogP contribution >= 0.6 is 63.0 Å². The first-order valence-electron chi connectivity index (χ1n) is 11.4. The van der Waals surface area contributed by atoms with Crippen LogP contribution in [0.4, 0.5) is 5.69 Å². The lowest BCUT2D eigenvalue weighted by Crippen LogP contribution is -2.56. The summed E-state index contributed by atoms with van der Waals surface area (Å²) in [6.07, 6.45) is 13.0. The van der Waals surface area contributed by atoms with Crippen LogP contribution < -0.4 is 16.0 Å². The van der Waals surface area contributed by atoms with Gasteiger partial charge in [-0.05, 0) is 42.9 Å². The van der Waals surface area contributed by atoms with Crippen molar-refractivity contribution in [3.8, 4) is 0 Å². The summed E-state index contributed by atoms with van der Waals surface area (Å²) in [4.78, 5) is 12.3. The van der Waals surface area contributed by atoms with E-state index >= 15 is 0 Å². The summed E-state index contributed by atoms with van der Waals surface area (Å²) in [5.74, 6) is -0.170. The molecule has 4 nitrogen and oxygen atoms in total. The molecular weight excluding hydrogens is 553 g/mol. The monoisotopic (exact) mass is 585 g/mol. The maximum absolute atomic E-state index is 12.3. The number of anilines is 1. The van der Waals surface area contributed by atoms with E-state index in [2.05, 4.69) is 38.8 Å². The smallest absolute Gasteiger partial charge is 0.228 e. The van der Waals surface area contributed by atoms with Crippen LogP contribution in [0.15, 0.2) is 28.7 Å². The maximum Gasteiger partial charge on any atom is 0.228 e. The van der Waals surface area contributed by atoms with Gasteiger partial charge in [-0.1, -0.05) is 122 Å². The van der Waals surface area contributed by atoms with E-state index in [0.29, 0.717) is 6.42 Å². The summed E-state index contributed by atoms with van der Waals surface area (Å²) in [6.45, 7) is 2.24. The fourth-order valence-corrected chi connectivity index (χ4v) is 4.04. The van der Waals surface area contributed by atoms with E-state index in [4.69, 9.17) is 47.0 Å². The first kappa shape index (κ1) is 29.8. The van der Waals surface area contributed by atoms with Gasteiger partial charge in [0, 0.05) is 16.6 Å². The van der Waals surface area contributed by atoms with Gasteiger partial charge >= 0.3 is 0 Å². The number of hydrogen-bond acceptors (Lipinski definition) is 2. The molecule has 0 aliphatic carbocycles. The van der Waals surface area contributed by atoms with Crippen molar-refractivity contribution in [1.82, 2.24) is 10.6 Å². The van der Waals surface area contributed by atoms with Gasteiger partial charge in [-0.3, -0.25) is 4.79 Å². The molecule has 0 aliphatic heterocycles. The Hall–Kier alpha value is -0.270. The highest BCUT2D eigenvalue weighted by molar-refractivity contribution is 9.10. The summed E-state index contributed by atoms with van der Waals surface area (Å²) >= 11 is 26.8. The molecule has 1 unspecified atom stereocenters. The number of carbonyl (C=O) groups is 1. The lowest BCUT2D eigenvalue weighted by atomic mass is 10.1. The lowest BCUT2D eigenvalue weighted by Gasteiger charge is -2.27. The van der Waals surface area contributed by atoms with Crippen LogP contribution in [-0.4, -0.2) is 21.0 Å². The van der Waals surface area contributed by atoms with Gasteiger partial charge in [-0.25, -0.2) is 0 Å². The van der Waals surface area contributed by atoms with Crippen LogP contribution in [0.3, 0.4) is 0 Å². The first-order valence-corrected chi connectivity index (χ1v) is 13.7. The number of carbonyl (C=O) groups excluding carboxylic acids is 1. The highest BCUT2D eigenvalue weighted by atomic mass is 79.9. The number of thiocarbonyl (C=S) groups is 1. The van der Waals surface area contributed by atoms with Gasteiger partial charge in [0.05, 0.1) is 0 Å². The molecule has 0 saturated carbocycles. The van der Waals surface area contributed by atoms with Crippen molar-refractivity contribution in [1.29, 1.82) is 0 Å². The molecular formula is C23H35BrCl3N3OS. The molecule has 3 N–H and O–H groups in total. The Balaban J connectivity index is 2.25. The summed E-state index contributed by atoms with van der Waals surface area (Å²) in [7, 11) is 0. The Morgan fingerprint density at radius 3 is 1.91 bits per heavy atom. The number of benzene rings is 1. The van der Waals surface area contributed by atoms with Gasteiger partial charge in [0.1, 0.15) is 6.17 Å². The molecule has 1 amide bonds. The number of hydrogen-bond donors (Lipinski definition) is 3. The van der Waals surface area contributed by atoms with Crippen LogP contribution in [0.2, 0.25) is 0 Å². The molecule has 32 heavy (non-hydrogen) atoms. The van der Waals surface area contributed by atoms with Crippen molar-refractivity contribution in [3.63, 3.8) is 0 Å². The van der Waals surface area contributed by atoms with Crippen molar-refractivity contribution < 1.29 is 4.79 Å². The molecule has 0 heterocycles. The van der Waals surface area contributed by atoms with Crippen LogP contribution in [-0.2, 0) is 4.79 Å². The molecule has 0 saturated heterocycles. The Labute approximate surface area is 222 Å². The average Bonchev–Trinajstić information content (AvgIpc) is 2.72. The molecule has 0 radical (unpaired) electrons. The minimum absolute atomic E-state index is 0.170. The largest absolute Gasteiger partial charge is 0.339 e. The quantitative estimate of drug-likeness (QED) is 0.0837. The van der Waals surface area contributed by atoms with Gasteiger partial charge in [0.25, 0.3) is 0 Å². The van der Waals surface area contributed by atoms with Crippen molar-refractivity contribution in [2.75, 3.05) is 5.32 Å². The topological polar surface area (TPSA) is 53.2 Å². The second-order valence-corrected chi connectivity index (χ2v) is 11.6. The predicted octanol–water partition coefficient (Wildman–Crippen LogP) is 8.25. The Morgan fingerprint density at radius 2 is 1.41 bits per heavy atom. The molecule has 182 valence electrons. The highest BCUT2D eigenvalue weighted by Crippen LogP contribution is 2.29. The van der Waals surface area contributed by atoms with Crippen LogP contribution in [0.1, 0.15) is 84.0 Å². The van der Waals surface area contributed by atoms with Crippen LogP contribution in [0.5, 0.6) is 0 Å². The number of alkyl halides is 3. The van der Waals surface area contributed by atoms with E-state index in [1.54, 1.807) is 0 Å². The minimum Gasteiger partial charge on any atom is -0.339 e.